The molecule has 0 bridgehead atoms. The van der Waals surface area contributed by atoms with E-state index in [4.69, 9.17) is 4.99 Å². The third-order valence-corrected chi connectivity index (χ3v) is 17.5. The Morgan fingerprint density at radius 3 is 2.11 bits per heavy atom. The number of aromatic nitrogens is 1. The second kappa shape index (κ2) is 16.5. The molecule has 5 aliphatic rings. The molecule has 5 heteroatoms. The molecule has 354 valence electrons. The van der Waals surface area contributed by atoms with Crippen LogP contribution in [0.4, 0.5) is 5.69 Å². The number of rotatable bonds is 5. The van der Waals surface area contributed by atoms with Crippen molar-refractivity contribution in [3.8, 4) is 0 Å². The predicted molar refractivity (Wildman–Crippen MR) is 309 cm³/mol. The second-order valence-electron chi connectivity index (χ2n) is 21.3. The summed E-state index contributed by atoms with van der Waals surface area (Å²) in [5.74, 6) is 1.68. The second-order valence-corrected chi connectivity index (χ2v) is 21.3. The van der Waals surface area contributed by atoms with Gasteiger partial charge in [0.25, 0.3) is 0 Å². The first-order valence-corrected chi connectivity index (χ1v) is 26.7. The molecule has 11 aromatic rings. The average Bonchev–Trinajstić information content (AvgIpc) is 3.99. The molecule has 0 saturated carbocycles. The minimum Gasteiger partial charge on any atom is -0.351 e. The van der Waals surface area contributed by atoms with Gasteiger partial charge in [-0.05, 0) is 122 Å². The molecule has 2 N–H and O–H groups in total. The first-order valence-electron chi connectivity index (χ1n) is 26.7. The number of aryl methyl sites for hydroxylation is 1. The van der Waals surface area contributed by atoms with Crippen LogP contribution in [-0.4, -0.2) is 22.6 Å². The average molecular weight is 952 g/mol. The summed E-state index contributed by atoms with van der Waals surface area (Å²) < 4.78 is 2.68. The van der Waals surface area contributed by atoms with E-state index in [1.54, 1.807) is 0 Å². The number of benzene rings is 10. The summed E-state index contributed by atoms with van der Waals surface area (Å²) in [5.41, 5.74) is 14.5. The van der Waals surface area contributed by atoms with Gasteiger partial charge in [-0.3, -0.25) is 5.32 Å². The summed E-state index contributed by atoms with van der Waals surface area (Å²) in [6, 6.07) is 75.0. The van der Waals surface area contributed by atoms with E-state index in [1.807, 2.05) is 0 Å². The lowest BCUT2D eigenvalue weighted by atomic mass is 9.77. The summed E-state index contributed by atoms with van der Waals surface area (Å²) in [6.45, 7) is 0. The fourth-order valence-electron chi connectivity index (χ4n) is 14.1. The highest BCUT2D eigenvalue weighted by molar-refractivity contribution is 6.19. The van der Waals surface area contributed by atoms with Crippen molar-refractivity contribution >= 4 is 88.6 Å². The molecule has 0 spiro atoms. The van der Waals surface area contributed by atoms with Gasteiger partial charge in [-0.15, -0.1) is 0 Å². The van der Waals surface area contributed by atoms with Crippen molar-refractivity contribution in [2.24, 2.45) is 16.8 Å². The molecule has 0 amide bonds. The van der Waals surface area contributed by atoms with Gasteiger partial charge in [-0.1, -0.05) is 194 Å². The molecule has 5 nitrogen and oxygen atoms in total. The summed E-state index contributed by atoms with van der Waals surface area (Å²) in [7, 11) is 0. The predicted octanol–water partition coefficient (Wildman–Crippen LogP) is 15.6. The summed E-state index contributed by atoms with van der Waals surface area (Å²) >= 11 is 0. The lowest BCUT2D eigenvalue weighted by Crippen LogP contribution is -2.52. The molecular formula is C69H53N5. The van der Waals surface area contributed by atoms with E-state index in [0.29, 0.717) is 11.8 Å². The van der Waals surface area contributed by atoms with Crippen molar-refractivity contribution in [1.29, 1.82) is 0 Å². The number of allylic oxidation sites excluding steroid dienone is 2. The molecular weight excluding hydrogens is 899 g/mol. The van der Waals surface area contributed by atoms with Crippen LogP contribution in [0.25, 0.3) is 77.0 Å². The molecule has 10 aromatic carbocycles. The Labute approximate surface area is 430 Å². The normalized spacial score (nSPS) is 22.1. The van der Waals surface area contributed by atoms with Crippen molar-refractivity contribution in [3.63, 3.8) is 0 Å². The van der Waals surface area contributed by atoms with E-state index in [2.05, 4.69) is 245 Å². The molecule has 0 radical (unpaired) electrons. The quantitative estimate of drug-likeness (QED) is 0.133. The zero-order valence-corrected chi connectivity index (χ0v) is 41.0. The number of hydrogen-bond donors (Lipinski definition) is 2. The van der Waals surface area contributed by atoms with Crippen LogP contribution in [0.15, 0.2) is 229 Å². The van der Waals surface area contributed by atoms with Gasteiger partial charge in [0.05, 0.1) is 11.6 Å². The monoisotopic (exact) mass is 951 g/mol. The number of hydrogen-bond acceptors (Lipinski definition) is 4. The van der Waals surface area contributed by atoms with Crippen molar-refractivity contribution in [3.05, 3.63) is 257 Å². The van der Waals surface area contributed by atoms with Crippen LogP contribution in [0.2, 0.25) is 0 Å². The van der Waals surface area contributed by atoms with E-state index in [0.717, 1.165) is 42.6 Å². The number of aliphatic imine (C=N–C) groups is 1. The molecule has 74 heavy (non-hydrogen) atoms. The lowest BCUT2D eigenvalue weighted by Gasteiger charge is -2.36. The van der Waals surface area contributed by atoms with Gasteiger partial charge in [-0.2, -0.15) is 0 Å². The minimum atomic E-state index is -0.280. The van der Waals surface area contributed by atoms with E-state index >= 15 is 0 Å². The number of anilines is 1. The molecule has 3 aliphatic carbocycles. The van der Waals surface area contributed by atoms with Crippen LogP contribution in [0.1, 0.15) is 58.4 Å². The molecule has 6 unspecified atom stereocenters. The van der Waals surface area contributed by atoms with E-state index < -0.39 is 0 Å². The molecule has 3 heterocycles. The van der Waals surface area contributed by atoms with E-state index in [9.17, 15) is 0 Å². The minimum absolute atomic E-state index is 0.104. The maximum absolute atomic E-state index is 5.64. The first kappa shape index (κ1) is 42.0. The Bertz CT molecular complexity index is 4280. The van der Waals surface area contributed by atoms with Gasteiger partial charge >= 0.3 is 0 Å². The molecule has 1 fully saturated rings. The third kappa shape index (κ3) is 6.49. The fourth-order valence-corrected chi connectivity index (χ4v) is 14.1. The number of nitrogens with zero attached hydrogens (tertiary/aromatic N) is 3. The Morgan fingerprint density at radius 1 is 0.514 bits per heavy atom. The van der Waals surface area contributed by atoms with Crippen LogP contribution in [0.5, 0.6) is 0 Å². The third-order valence-electron chi connectivity index (χ3n) is 17.5. The zero-order valence-electron chi connectivity index (χ0n) is 41.0. The highest BCUT2D eigenvalue weighted by Gasteiger charge is 2.48. The largest absolute Gasteiger partial charge is 0.351 e. The first-order chi connectivity index (χ1) is 36.7. The van der Waals surface area contributed by atoms with Gasteiger partial charge in [0, 0.05) is 61.9 Å². The Hall–Kier alpha value is -8.51. The Balaban J connectivity index is 0.827. The Morgan fingerprint density at radius 2 is 1.22 bits per heavy atom. The highest BCUT2D eigenvalue weighted by atomic mass is 15.3. The maximum atomic E-state index is 5.64. The van der Waals surface area contributed by atoms with Crippen molar-refractivity contribution in [2.45, 2.75) is 50.1 Å². The van der Waals surface area contributed by atoms with Crippen LogP contribution >= 0.6 is 0 Å². The Kier molecular flexibility index (Phi) is 9.38. The van der Waals surface area contributed by atoms with E-state index in [-0.39, 0.29) is 24.4 Å². The topological polar surface area (TPSA) is 44.6 Å². The molecule has 1 saturated heterocycles. The van der Waals surface area contributed by atoms with Crippen molar-refractivity contribution in [1.82, 2.24) is 15.2 Å². The SMILES string of the molecule is C1=CC(n2c3ccccc3c3ccc4ccccc4c32)CC2C1C1Cc3ccccc3C=C1N2c1cccc2cc(C3N=C(c4cc5ccccc5c5ccccc45)NC(C4=Cc5ccccc5CC4)N3)ccc12. The van der Waals surface area contributed by atoms with Crippen LogP contribution in [0.3, 0.4) is 0 Å². The van der Waals surface area contributed by atoms with Crippen molar-refractivity contribution < 1.29 is 0 Å². The number of para-hydroxylation sites is 1. The van der Waals surface area contributed by atoms with Crippen molar-refractivity contribution in [2.75, 3.05) is 4.90 Å². The zero-order chi connectivity index (χ0) is 48.4. The van der Waals surface area contributed by atoms with Crippen LogP contribution in [-0.2, 0) is 12.8 Å². The summed E-state index contributed by atoms with van der Waals surface area (Å²) in [4.78, 5) is 8.42. The van der Waals surface area contributed by atoms with Crippen LogP contribution in [0, 0.1) is 11.8 Å². The number of fused-ring (bicyclic) bond motifs is 14. The van der Waals surface area contributed by atoms with Gasteiger partial charge in [0.2, 0.25) is 0 Å². The number of nitrogens with one attached hydrogen (secondary N) is 2. The lowest BCUT2D eigenvalue weighted by molar-refractivity contribution is 0.379. The van der Waals surface area contributed by atoms with Gasteiger partial charge < -0.3 is 14.8 Å². The van der Waals surface area contributed by atoms with E-state index in [1.165, 1.54) is 104 Å². The highest BCUT2D eigenvalue weighted by Crippen LogP contribution is 2.53. The molecule has 1 aromatic heterocycles. The molecule has 16 rings (SSSR count). The van der Waals surface area contributed by atoms with Gasteiger partial charge in [-0.25, -0.2) is 4.99 Å². The standard InChI is InChI=1S/C69H53N5/c1-2-16-44-36-49(29-28-42(44)14-1)67-70-68(72-69(71-67)61-39-48-19-6-7-21-52(48)55-23-9-10-24-56(55)61)50-31-33-53-47(37-50)20-13-27-62(53)74-64-40-46-18-4-3-17-45(46)38-60(64)58-35-32-51(41-65(58)74)73-63-26-12-11-25-57(63)59-34-30-43-15-5-8-22-54(43)66(59)73/h1-27,30-37,39-40,51,58,60,65,67-68,70H,28-29,38,41H2,(H,71,72). The summed E-state index contributed by atoms with van der Waals surface area (Å²) in [5, 5.41) is 20.7. The molecule has 2 aliphatic heterocycles. The smallest absolute Gasteiger partial charge is 0.132 e. The molecule has 6 atom stereocenters. The number of amidine groups is 1. The van der Waals surface area contributed by atoms with Gasteiger partial charge in [0.1, 0.15) is 18.2 Å². The summed E-state index contributed by atoms with van der Waals surface area (Å²) in [6.07, 6.45) is 13.7. The fraction of sp³-hybridized carbons (Fsp3) is 0.145. The maximum Gasteiger partial charge on any atom is 0.132 e. The van der Waals surface area contributed by atoms with Crippen LogP contribution < -0.4 is 15.5 Å². The van der Waals surface area contributed by atoms with Gasteiger partial charge in [0.15, 0.2) is 0 Å².